The molecular weight excluding hydrogens is 637 g/mol. The number of para-hydroxylation sites is 3. The van der Waals surface area contributed by atoms with Gasteiger partial charge < -0.3 is 9.13 Å². The Morgan fingerprint density at radius 3 is 1.46 bits per heavy atom. The molecule has 3 heterocycles. The quantitative estimate of drug-likeness (QED) is 0.172. The number of fused-ring (bicyclic) bond motifs is 7. The summed E-state index contributed by atoms with van der Waals surface area (Å²) < 4.78 is 4.72. The van der Waals surface area contributed by atoms with Crippen molar-refractivity contribution in [3.63, 3.8) is 0 Å². The van der Waals surface area contributed by atoms with E-state index in [1.165, 1.54) is 32.6 Å². The Labute approximate surface area is 299 Å². The molecule has 0 bridgehead atoms. The van der Waals surface area contributed by atoms with Gasteiger partial charge in [-0.05, 0) is 54.6 Å². The van der Waals surface area contributed by atoms with Gasteiger partial charge in [-0.15, -0.1) is 0 Å². The first-order valence-corrected chi connectivity index (χ1v) is 17.2. The van der Waals surface area contributed by atoms with Gasteiger partial charge in [0.15, 0.2) is 23.2 Å². The summed E-state index contributed by atoms with van der Waals surface area (Å²) in [4.78, 5) is 18.5. The van der Waals surface area contributed by atoms with Gasteiger partial charge in [0.25, 0.3) is 0 Å². The third-order valence-corrected chi connectivity index (χ3v) is 9.75. The molecule has 52 heavy (non-hydrogen) atoms. The molecule has 7 aromatic carbocycles. The Morgan fingerprint density at radius 2 is 0.846 bits per heavy atom. The van der Waals surface area contributed by atoms with E-state index in [0.29, 0.717) is 23.2 Å². The molecule has 0 aliphatic rings. The lowest BCUT2D eigenvalue weighted by Gasteiger charge is -2.12. The van der Waals surface area contributed by atoms with Crippen molar-refractivity contribution in [3.05, 3.63) is 181 Å². The van der Waals surface area contributed by atoms with Gasteiger partial charge in [-0.3, -0.25) is 0 Å². The zero-order chi connectivity index (χ0) is 34.6. The molecule has 6 heteroatoms. The summed E-state index contributed by atoms with van der Waals surface area (Å²) in [5.41, 5.74) is 9.81. The van der Waals surface area contributed by atoms with Gasteiger partial charge in [0, 0.05) is 49.6 Å². The van der Waals surface area contributed by atoms with Gasteiger partial charge in [0.05, 0.1) is 28.6 Å². The fourth-order valence-corrected chi connectivity index (χ4v) is 7.50. The maximum absolute atomic E-state index is 7.56. The van der Waals surface area contributed by atoms with Gasteiger partial charge in [-0.2, -0.15) is 0 Å². The smallest absolute Gasteiger partial charge is 0.187 e. The van der Waals surface area contributed by atoms with E-state index in [1.807, 2.05) is 54.6 Å². The molecule has 0 atom stereocenters. The molecule has 10 aromatic rings. The Hall–Kier alpha value is -7.36. The summed E-state index contributed by atoms with van der Waals surface area (Å²) in [6.45, 7) is 7.56. The first-order chi connectivity index (χ1) is 25.7. The molecule has 0 saturated carbocycles. The van der Waals surface area contributed by atoms with Crippen LogP contribution in [0.4, 0.5) is 5.69 Å². The lowest BCUT2D eigenvalue weighted by molar-refractivity contribution is 1.07. The van der Waals surface area contributed by atoms with E-state index in [1.54, 1.807) is 6.07 Å². The number of hydrogen-bond donors (Lipinski definition) is 0. The Kier molecular flexibility index (Phi) is 6.76. The van der Waals surface area contributed by atoms with Crippen LogP contribution < -0.4 is 0 Å². The minimum Gasteiger partial charge on any atom is -0.309 e. The zero-order valence-electron chi connectivity index (χ0n) is 27.8. The van der Waals surface area contributed by atoms with Crippen LogP contribution in [0.15, 0.2) is 170 Å². The van der Waals surface area contributed by atoms with Crippen molar-refractivity contribution < 1.29 is 0 Å². The predicted octanol–water partition coefficient (Wildman–Crippen LogP) is 11.6. The standard InChI is InChI=1S/C46H28N6/c1-47-33-18-12-16-31(28-33)45-48-44(30-14-4-2-5-15-30)49-46(50-45)32-17-13-21-35(29-32)52-39-25-11-9-23-37(39)43-41(52)27-26-40-42(43)36-22-8-10-24-38(36)51(40)34-19-6-3-7-20-34/h2-29H. The highest BCUT2D eigenvalue weighted by atomic mass is 15.0. The highest BCUT2D eigenvalue weighted by Gasteiger charge is 2.21. The van der Waals surface area contributed by atoms with E-state index < -0.39 is 0 Å². The monoisotopic (exact) mass is 664 g/mol. The maximum atomic E-state index is 7.56. The number of rotatable bonds is 5. The largest absolute Gasteiger partial charge is 0.309 e. The molecular formula is C46H28N6. The second-order valence-corrected chi connectivity index (χ2v) is 12.8. The SMILES string of the molecule is [C-]#[N+]c1cccc(-c2nc(-c3ccccc3)nc(-c3cccc(-n4c5ccccc5c5c6c7ccccc7n(-c7ccccc7)c6ccc54)c3)n2)c1. The van der Waals surface area contributed by atoms with Crippen LogP contribution in [0.25, 0.3) is 94.0 Å². The highest BCUT2D eigenvalue weighted by Crippen LogP contribution is 2.42. The van der Waals surface area contributed by atoms with Gasteiger partial charge in [0.1, 0.15) is 0 Å². The first kappa shape index (κ1) is 29.5. The number of nitrogens with zero attached hydrogens (tertiary/aromatic N) is 6. The van der Waals surface area contributed by atoms with Crippen LogP contribution in [0, 0.1) is 6.57 Å². The van der Waals surface area contributed by atoms with E-state index in [9.17, 15) is 0 Å². The van der Waals surface area contributed by atoms with Crippen LogP contribution in [-0.2, 0) is 0 Å². The number of aromatic nitrogens is 5. The van der Waals surface area contributed by atoms with Crippen LogP contribution >= 0.6 is 0 Å². The molecule has 0 aliphatic carbocycles. The van der Waals surface area contributed by atoms with Gasteiger partial charge in [0.2, 0.25) is 0 Å². The highest BCUT2D eigenvalue weighted by molar-refractivity contribution is 6.28. The number of benzene rings is 7. The minimum absolute atomic E-state index is 0.522. The zero-order valence-corrected chi connectivity index (χ0v) is 27.8. The third-order valence-electron chi connectivity index (χ3n) is 9.75. The van der Waals surface area contributed by atoms with Gasteiger partial charge in [-0.25, -0.2) is 19.8 Å². The molecule has 6 nitrogen and oxygen atoms in total. The fourth-order valence-electron chi connectivity index (χ4n) is 7.50. The lowest BCUT2D eigenvalue weighted by atomic mass is 10.1. The van der Waals surface area contributed by atoms with Crippen LogP contribution in [-0.4, -0.2) is 24.1 Å². The van der Waals surface area contributed by atoms with E-state index >= 15 is 0 Å². The van der Waals surface area contributed by atoms with Crippen molar-refractivity contribution >= 4 is 49.3 Å². The van der Waals surface area contributed by atoms with E-state index in [2.05, 4.69) is 123 Å². The van der Waals surface area contributed by atoms with Crippen molar-refractivity contribution in [3.8, 4) is 45.5 Å². The van der Waals surface area contributed by atoms with Gasteiger partial charge >= 0.3 is 0 Å². The average Bonchev–Trinajstić information content (AvgIpc) is 3.74. The topological polar surface area (TPSA) is 52.9 Å². The van der Waals surface area contributed by atoms with Crippen LogP contribution in [0.5, 0.6) is 0 Å². The average molecular weight is 665 g/mol. The van der Waals surface area contributed by atoms with Crippen molar-refractivity contribution in [1.82, 2.24) is 24.1 Å². The predicted molar refractivity (Wildman–Crippen MR) is 211 cm³/mol. The van der Waals surface area contributed by atoms with E-state index in [-0.39, 0.29) is 0 Å². The Bertz CT molecular complexity index is 3020. The van der Waals surface area contributed by atoms with Crippen molar-refractivity contribution in [2.75, 3.05) is 0 Å². The summed E-state index contributed by atoms with van der Waals surface area (Å²) >= 11 is 0. The molecule has 0 fully saturated rings. The summed E-state index contributed by atoms with van der Waals surface area (Å²) in [6.07, 6.45) is 0. The van der Waals surface area contributed by atoms with E-state index in [4.69, 9.17) is 21.5 Å². The Balaban J connectivity index is 1.21. The minimum atomic E-state index is 0.522. The molecule has 0 aliphatic heterocycles. The lowest BCUT2D eigenvalue weighted by Crippen LogP contribution is -2.01. The molecule has 0 unspecified atom stereocenters. The van der Waals surface area contributed by atoms with Crippen molar-refractivity contribution in [2.45, 2.75) is 0 Å². The summed E-state index contributed by atoms with van der Waals surface area (Å²) in [7, 11) is 0. The van der Waals surface area contributed by atoms with Gasteiger partial charge in [-0.1, -0.05) is 115 Å². The van der Waals surface area contributed by atoms with Crippen molar-refractivity contribution in [2.24, 2.45) is 0 Å². The second kappa shape index (κ2) is 11.9. The number of hydrogen-bond acceptors (Lipinski definition) is 3. The molecule has 10 rings (SSSR count). The molecule has 242 valence electrons. The molecule has 0 spiro atoms. The molecule has 0 saturated heterocycles. The second-order valence-electron chi connectivity index (χ2n) is 12.8. The van der Waals surface area contributed by atoms with Crippen LogP contribution in [0.2, 0.25) is 0 Å². The molecule has 0 amide bonds. The fraction of sp³-hybridized carbons (Fsp3) is 0. The van der Waals surface area contributed by atoms with Crippen LogP contribution in [0.1, 0.15) is 0 Å². The molecule has 0 N–H and O–H groups in total. The molecule has 3 aromatic heterocycles. The molecule has 0 radical (unpaired) electrons. The summed E-state index contributed by atoms with van der Waals surface area (Å²) in [5, 5.41) is 4.87. The van der Waals surface area contributed by atoms with Crippen LogP contribution in [0.3, 0.4) is 0 Å². The third kappa shape index (κ3) is 4.68. The van der Waals surface area contributed by atoms with E-state index in [0.717, 1.165) is 39.1 Å². The first-order valence-electron chi connectivity index (χ1n) is 17.2. The Morgan fingerprint density at radius 1 is 0.385 bits per heavy atom. The maximum Gasteiger partial charge on any atom is 0.187 e. The van der Waals surface area contributed by atoms with Crippen molar-refractivity contribution in [1.29, 1.82) is 0 Å². The normalized spacial score (nSPS) is 11.4. The summed E-state index contributed by atoms with van der Waals surface area (Å²) in [6, 6.07) is 58.2. The summed E-state index contributed by atoms with van der Waals surface area (Å²) in [5.74, 6) is 1.66.